The van der Waals surface area contributed by atoms with Gasteiger partial charge in [-0.2, -0.15) is 0 Å². The Morgan fingerprint density at radius 1 is 1.44 bits per heavy atom. The van der Waals surface area contributed by atoms with Crippen molar-refractivity contribution >= 4 is 5.91 Å². The summed E-state index contributed by atoms with van der Waals surface area (Å²) in [7, 11) is 0. The number of nitrogens with two attached hydrogens (primary N) is 1. The van der Waals surface area contributed by atoms with Crippen LogP contribution in [0.15, 0.2) is 0 Å². The van der Waals surface area contributed by atoms with E-state index in [0.29, 0.717) is 25.7 Å². The van der Waals surface area contributed by atoms with Crippen molar-refractivity contribution in [2.75, 3.05) is 26.3 Å². The molecule has 0 saturated carbocycles. The Morgan fingerprint density at radius 2 is 2.06 bits per heavy atom. The summed E-state index contributed by atoms with van der Waals surface area (Å²) in [5.74, 6) is 0.725. The number of nitrogens with one attached hydrogen (secondary N) is 1. The third-order valence-corrected chi connectivity index (χ3v) is 3.33. The zero-order valence-corrected chi connectivity index (χ0v) is 10.4. The lowest BCUT2D eigenvalue weighted by Crippen LogP contribution is -2.49. The van der Waals surface area contributed by atoms with Crippen LogP contribution < -0.4 is 11.1 Å². The number of rotatable bonds is 5. The minimum atomic E-state index is -0.380. The first kappa shape index (κ1) is 13.5. The van der Waals surface area contributed by atoms with E-state index in [1.54, 1.807) is 0 Å². The smallest absolute Gasteiger partial charge is 0.227 e. The molecule has 1 rings (SSSR count). The van der Waals surface area contributed by atoms with Crippen LogP contribution in [0.1, 0.15) is 33.1 Å². The van der Waals surface area contributed by atoms with Crippen LogP contribution in [0, 0.1) is 11.3 Å². The molecule has 0 aliphatic carbocycles. The van der Waals surface area contributed by atoms with E-state index in [0.717, 1.165) is 25.8 Å². The molecule has 0 aromatic rings. The van der Waals surface area contributed by atoms with Crippen LogP contribution in [0.3, 0.4) is 0 Å². The monoisotopic (exact) mass is 228 g/mol. The highest BCUT2D eigenvalue weighted by molar-refractivity contribution is 5.83. The first-order valence-electron chi connectivity index (χ1n) is 6.17. The molecule has 4 heteroatoms. The Kier molecular flexibility index (Phi) is 5.22. The molecule has 4 nitrogen and oxygen atoms in total. The fourth-order valence-electron chi connectivity index (χ4n) is 1.95. The second-order valence-electron chi connectivity index (χ2n) is 5.04. The third kappa shape index (κ3) is 3.46. The molecule has 16 heavy (non-hydrogen) atoms. The highest BCUT2D eigenvalue weighted by atomic mass is 16.5. The maximum absolute atomic E-state index is 12.1. The molecule has 0 aromatic carbocycles. The van der Waals surface area contributed by atoms with Crippen LogP contribution in [-0.2, 0) is 9.53 Å². The lowest BCUT2D eigenvalue weighted by molar-refractivity contribution is -0.135. The topological polar surface area (TPSA) is 64.4 Å². The van der Waals surface area contributed by atoms with Gasteiger partial charge in [0.25, 0.3) is 0 Å². The van der Waals surface area contributed by atoms with E-state index >= 15 is 0 Å². The van der Waals surface area contributed by atoms with Crippen LogP contribution in [0.2, 0.25) is 0 Å². The molecule has 0 bridgehead atoms. The molecule has 1 aliphatic rings. The van der Waals surface area contributed by atoms with Gasteiger partial charge in [0.1, 0.15) is 0 Å². The van der Waals surface area contributed by atoms with Crippen molar-refractivity contribution in [2.45, 2.75) is 33.1 Å². The van der Waals surface area contributed by atoms with Gasteiger partial charge in [-0.3, -0.25) is 4.79 Å². The largest absolute Gasteiger partial charge is 0.381 e. The molecule has 1 amide bonds. The zero-order valence-electron chi connectivity index (χ0n) is 10.4. The fourth-order valence-corrected chi connectivity index (χ4v) is 1.95. The second kappa shape index (κ2) is 6.21. The van der Waals surface area contributed by atoms with Gasteiger partial charge in [-0.15, -0.1) is 0 Å². The van der Waals surface area contributed by atoms with E-state index in [4.69, 9.17) is 10.5 Å². The molecule has 1 aliphatic heterocycles. The minimum absolute atomic E-state index is 0.110. The standard InChI is InChI=1S/C12H24N2O2/c1-10(2)3-6-14-11(15)12(9-13)4-7-16-8-5-12/h10H,3-9,13H2,1-2H3,(H,14,15). The maximum atomic E-state index is 12.1. The molecule has 1 fully saturated rings. The SMILES string of the molecule is CC(C)CCNC(=O)C1(CN)CCOCC1. The van der Waals surface area contributed by atoms with E-state index in [2.05, 4.69) is 19.2 Å². The first-order valence-corrected chi connectivity index (χ1v) is 6.17. The quantitative estimate of drug-likeness (QED) is 0.735. The molecular formula is C12H24N2O2. The van der Waals surface area contributed by atoms with Crippen molar-refractivity contribution in [3.63, 3.8) is 0 Å². The van der Waals surface area contributed by atoms with E-state index < -0.39 is 0 Å². The van der Waals surface area contributed by atoms with E-state index in [1.807, 2.05) is 0 Å². The van der Waals surface area contributed by atoms with Crippen molar-refractivity contribution in [2.24, 2.45) is 17.1 Å². The molecule has 0 radical (unpaired) electrons. The average Bonchev–Trinajstić information content (AvgIpc) is 2.29. The van der Waals surface area contributed by atoms with Crippen molar-refractivity contribution in [1.82, 2.24) is 5.32 Å². The third-order valence-electron chi connectivity index (χ3n) is 3.33. The summed E-state index contributed by atoms with van der Waals surface area (Å²) in [6.07, 6.45) is 2.51. The molecule has 0 unspecified atom stereocenters. The van der Waals surface area contributed by atoms with Crippen LogP contribution in [-0.4, -0.2) is 32.2 Å². The predicted octanol–water partition coefficient (Wildman–Crippen LogP) is 0.904. The molecule has 0 atom stereocenters. The highest BCUT2D eigenvalue weighted by Gasteiger charge is 2.38. The zero-order chi connectivity index (χ0) is 12.0. The predicted molar refractivity (Wildman–Crippen MR) is 64.0 cm³/mol. The number of carbonyl (C=O) groups is 1. The number of carbonyl (C=O) groups excluding carboxylic acids is 1. The number of ether oxygens (including phenoxy) is 1. The Balaban J connectivity index is 2.42. The van der Waals surface area contributed by atoms with Gasteiger partial charge in [-0.05, 0) is 25.2 Å². The average molecular weight is 228 g/mol. The summed E-state index contributed by atoms with van der Waals surface area (Å²) < 4.78 is 5.28. The van der Waals surface area contributed by atoms with Gasteiger partial charge in [0.2, 0.25) is 5.91 Å². The minimum Gasteiger partial charge on any atom is -0.381 e. The Morgan fingerprint density at radius 3 is 2.56 bits per heavy atom. The molecular weight excluding hydrogens is 204 g/mol. The summed E-state index contributed by atoms with van der Waals surface area (Å²) in [5.41, 5.74) is 5.37. The lowest BCUT2D eigenvalue weighted by Gasteiger charge is -2.34. The van der Waals surface area contributed by atoms with Crippen LogP contribution in [0.25, 0.3) is 0 Å². The Labute approximate surface area is 97.9 Å². The molecule has 1 heterocycles. The van der Waals surface area contributed by atoms with E-state index in [9.17, 15) is 4.79 Å². The summed E-state index contributed by atoms with van der Waals surface area (Å²) in [6, 6.07) is 0. The van der Waals surface area contributed by atoms with Gasteiger partial charge >= 0.3 is 0 Å². The van der Waals surface area contributed by atoms with E-state index in [1.165, 1.54) is 0 Å². The van der Waals surface area contributed by atoms with Gasteiger partial charge < -0.3 is 15.8 Å². The molecule has 3 N–H and O–H groups in total. The normalized spacial score (nSPS) is 19.8. The van der Waals surface area contributed by atoms with Gasteiger partial charge in [-0.1, -0.05) is 13.8 Å². The van der Waals surface area contributed by atoms with Crippen molar-refractivity contribution in [3.05, 3.63) is 0 Å². The van der Waals surface area contributed by atoms with Gasteiger partial charge in [0.05, 0.1) is 5.41 Å². The fraction of sp³-hybridized carbons (Fsp3) is 0.917. The second-order valence-corrected chi connectivity index (χ2v) is 5.04. The summed E-state index contributed by atoms with van der Waals surface area (Å²) in [4.78, 5) is 12.1. The summed E-state index contributed by atoms with van der Waals surface area (Å²) >= 11 is 0. The van der Waals surface area contributed by atoms with Crippen LogP contribution in [0.4, 0.5) is 0 Å². The van der Waals surface area contributed by atoms with Crippen molar-refractivity contribution < 1.29 is 9.53 Å². The lowest BCUT2D eigenvalue weighted by atomic mass is 9.79. The van der Waals surface area contributed by atoms with Crippen LogP contribution in [0.5, 0.6) is 0 Å². The summed E-state index contributed by atoms with van der Waals surface area (Å²) in [6.45, 7) is 6.77. The van der Waals surface area contributed by atoms with Crippen LogP contribution >= 0.6 is 0 Å². The van der Waals surface area contributed by atoms with E-state index in [-0.39, 0.29) is 11.3 Å². The number of hydrogen-bond donors (Lipinski definition) is 2. The molecule has 0 aromatic heterocycles. The Hall–Kier alpha value is -0.610. The summed E-state index contributed by atoms with van der Waals surface area (Å²) in [5, 5.41) is 3.00. The molecule has 1 saturated heterocycles. The first-order chi connectivity index (χ1) is 7.60. The highest BCUT2D eigenvalue weighted by Crippen LogP contribution is 2.29. The molecule has 0 spiro atoms. The van der Waals surface area contributed by atoms with Gasteiger partial charge in [0.15, 0.2) is 0 Å². The number of hydrogen-bond acceptors (Lipinski definition) is 3. The molecule has 94 valence electrons. The number of amides is 1. The van der Waals surface area contributed by atoms with Gasteiger partial charge in [0, 0.05) is 26.3 Å². The maximum Gasteiger partial charge on any atom is 0.227 e. The van der Waals surface area contributed by atoms with Gasteiger partial charge in [-0.25, -0.2) is 0 Å². The Bertz CT molecular complexity index is 223. The van der Waals surface area contributed by atoms with Crippen molar-refractivity contribution in [3.8, 4) is 0 Å². The van der Waals surface area contributed by atoms with Crippen molar-refractivity contribution in [1.29, 1.82) is 0 Å².